The van der Waals surface area contributed by atoms with Gasteiger partial charge in [-0.3, -0.25) is 0 Å². The normalized spacial score (nSPS) is 53.2. The molecule has 18 heavy (non-hydrogen) atoms. The molecule has 3 N–H and O–H groups in total. The first-order valence-corrected chi connectivity index (χ1v) is 6.74. The van der Waals surface area contributed by atoms with E-state index >= 15 is 0 Å². The molecule has 5 atom stereocenters. The molecule has 0 amide bonds. The van der Waals surface area contributed by atoms with Gasteiger partial charge in [-0.1, -0.05) is 26.8 Å². The quantitative estimate of drug-likeness (QED) is 0.612. The molecule has 0 heterocycles. The molecule has 0 spiro atoms. The Morgan fingerprint density at radius 1 is 1.39 bits per heavy atom. The van der Waals surface area contributed by atoms with Crippen molar-refractivity contribution in [1.82, 2.24) is 0 Å². The van der Waals surface area contributed by atoms with Crippen molar-refractivity contribution >= 4 is 0 Å². The van der Waals surface area contributed by atoms with Crippen LogP contribution < -0.4 is 0 Å². The molecular formula is C15H22O3. The van der Waals surface area contributed by atoms with Crippen LogP contribution in [0.5, 0.6) is 0 Å². The van der Waals surface area contributed by atoms with Gasteiger partial charge < -0.3 is 15.3 Å². The fourth-order valence-electron chi connectivity index (χ4n) is 4.48. The molecule has 3 heteroatoms. The summed E-state index contributed by atoms with van der Waals surface area (Å²) >= 11 is 0. The van der Waals surface area contributed by atoms with Gasteiger partial charge in [0.2, 0.25) is 0 Å². The summed E-state index contributed by atoms with van der Waals surface area (Å²) in [6.45, 7) is 6.06. The number of allylic oxidation sites excluding steroid dienone is 1. The second-order valence-electron chi connectivity index (χ2n) is 7.16. The lowest BCUT2D eigenvalue weighted by molar-refractivity contribution is -0.158. The maximum atomic E-state index is 10.7. The fraction of sp³-hybridized carbons (Fsp3) is 0.800. The van der Waals surface area contributed by atoms with Crippen molar-refractivity contribution in [2.75, 3.05) is 6.61 Å². The summed E-state index contributed by atoms with van der Waals surface area (Å²) in [5.74, 6) is 0.318. The molecule has 3 aliphatic carbocycles. The minimum absolute atomic E-state index is 0.0639. The highest BCUT2D eigenvalue weighted by Crippen LogP contribution is 2.67. The summed E-state index contributed by atoms with van der Waals surface area (Å²) in [5.41, 5.74) is -0.972. The summed E-state index contributed by atoms with van der Waals surface area (Å²) in [5, 5.41) is 30.8. The van der Waals surface area contributed by atoms with Crippen LogP contribution in [-0.2, 0) is 0 Å². The lowest BCUT2D eigenvalue weighted by atomic mass is 9.45. The molecule has 3 nitrogen and oxygen atoms in total. The molecule has 3 rings (SSSR count). The number of aliphatic hydroxyl groups excluding tert-OH is 2. The Morgan fingerprint density at radius 2 is 2.06 bits per heavy atom. The SMILES string of the molecule is CC1(C)CC2C=C(CO)[C@]3(O)[C]C[C@]3(C)C2[C@H]1O. The van der Waals surface area contributed by atoms with E-state index in [0.29, 0.717) is 12.0 Å². The number of rotatable bonds is 1. The molecule has 0 aromatic heterocycles. The molecule has 2 unspecified atom stereocenters. The van der Waals surface area contributed by atoms with Gasteiger partial charge in [0.1, 0.15) is 5.60 Å². The van der Waals surface area contributed by atoms with Crippen LogP contribution in [0, 0.1) is 29.1 Å². The average molecular weight is 250 g/mol. The smallest absolute Gasteiger partial charge is 0.101 e. The van der Waals surface area contributed by atoms with Gasteiger partial charge in [0.15, 0.2) is 0 Å². The Balaban J connectivity index is 2.08. The summed E-state index contributed by atoms with van der Waals surface area (Å²) in [4.78, 5) is 0. The Kier molecular flexibility index (Phi) is 2.38. The minimum atomic E-state index is -1.13. The van der Waals surface area contributed by atoms with Crippen LogP contribution in [0.15, 0.2) is 11.6 Å². The van der Waals surface area contributed by atoms with Crippen molar-refractivity contribution in [3.8, 4) is 0 Å². The highest BCUT2D eigenvalue weighted by Gasteiger charge is 2.69. The van der Waals surface area contributed by atoms with Crippen molar-refractivity contribution in [3.63, 3.8) is 0 Å². The van der Waals surface area contributed by atoms with Crippen LogP contribution in [0.3, 0.4) is 0 Å². The van der Waals surface area contributed by atoms with Gasteiger partial charge in [-0.05, 0) is 29.7 Å². The van der Waals surface area contributed by atoms with Crippen LogP contribution in [0.1, 0.15) is 33.6 Å². The second kappa shape index (κ2) is 3.38. The third kappa shape index (κ3) is 1.21. The van der Waals surface area contributed by atoms with E-state index in [1.54, 1.807) is 0 Å². The Bertz CT molecular complexity index is 414. The van der Waals surface area contributed by atoms with Crippen molar-refractivity contribution in [3.05, 3.63) is 18.1 Å². The predicted octanol–water partition coefficient (Wildman–Crippen LogP) is 1.16. The first-order valence-electron chi connectivity index (χ1n) is 6.74. The van der Waals surface area contributed by atoms with E-state index in [1.165, 1.54) is 0 Å². The predicted molar refractivity (Wildman–Crippen MR) is 67.5 cm³/mol. The van der Waals surface area contributed by atoms with Crippen LogP contribution in [-0.4, -0.2) is 33.6 Å². The lowest BCUT2D eigenvalue weighted by Crippen LogP contribution is -2.65. The average Bonchev–Trinajstić information content (AvgIpc) is 2.53. The molecule has 2 fully saturated rings. The largest absolute Gasteiger partial charge is 0.392 e. The molecule has 0 aromatic rings. The standard InChI is InChI=1S/C15H22O3/c1-13(2)7-9-6-10(8-16)15(18)5-4-14(15,3)11(9)12(13)17/h6,9,11-12,16-18H,4,7-8H2,1-3H3/t9?,11?,12-,14-,15-/m1/s1. The molecule has 0 aromatic carbocycles. The van der Waals surface area contributed by atoms with Crippen LogP contribution >= 0.6 is 0 Å². The zero-order valence-electron chi connectivity index (χ0n) is 11.3. The van der Waals surface area contributed by atoms with Crippen molar-refractivity contribution in [2.24, 2.45) is 22.7 Å². The molecule has 100 valence electrons. The first kappa shape index (κ1) is 12.6. The number of fused-ring (bicyclic) bond motifs is 3. The van der Waals surface area contributed by atoms with Gasteiger partial charge >= 0.3 is 0 Å². The molecule has 2 radical (unpaired) electrons. The van der Waals surface area contributed by atoms with Gasteiger partial charge in [0, 0.05) is 17.8 Å². The van der Waals surface area contributed by atoms with Crippen molar-refractivity contribution in [2.45, 2.75) is 45.3 Å². The van der Waals surface area contributed by atoms with Crippen molar-refractivity contribution < 1.29 is 15.3 Å². The third-order valence-electron chi connectivity index (χ3n) is 5.69. The van der Waals surface area contributed by atoms with E-state index in [1.807, 2.05) is 13.0 Å². The van der Waals surface area contributed by atoms with E-state index in [0.717, 1.165) is 6.42 Å². The topological polar surface area (TPSA) is 60.7 Å². The van der Waals surface area contributed by atoms with E-state index in [2.05, 4.69) is 20.3 Å². The first-order chi connectivity index (χ1) is 8.26. The maximum Gasteiger partial charge on any atom is 0.101 e. The second-order valence-corrected chi connectivity index (χ2v) is 7.16. The number of hydrogen-bond acceptors (Lipinski definition) is 3. The number of hydrogen-bond donors (Lipinski definition) is 3. The molecule has 2 saturated carbocycles. The highest BCUT2D eigenvalue weighted by atomic mass is 16.3. The van der Waals surface area contributed by atoms with Crippen LogP contribution in [0.25, 0.3) is 0 Å². The van der Waals surface area contributed by atoms with Gasteiger partial charge in [0.05, 0.1) is 12.7 Å². The Hall–Kier alpha value is -0.380. The lowest BCUT2D eigenvalue weighted by Gasteiger charge is -2.62. The third-order valence-corrected chi connectivity index (χ3v) is 5.69. The van der Waals surface area contributed by atoms with E-state index < -0.39 is 11.7 Å². The van der Waals surface area contributed by atoms with Crippen molar-refractivity contribution in [1.29, 1.82) is 0 Å². The monoisotopic (exact) mass is 250 g/mol. The highest BCUT2D eigenvalue weighted by molar-refractivity contribution is 5.41. The molecule has 0 bridgehead atoms. The van der Waals surface area contributed by atoms with Crippen LogP contribution in [0.4, 0.5) is 0 Å². The van der Waals surface area contributed by atoms with Gasteiger partial charge in [-0.25, -0.2) is 0 Å². The summed E-state index contributed by atoms with van der Waals surface area (Å²) in [7, 11) is 0. The van der Waals surface area contributed by atoms with E-state index in [9.17, 15) is 15.3 Å². The van der Waals surface area contributed by atoms with Crippen LogP contribution in [0.2, 0.25) is 0 Å². The summed E-state index contributed by atoms with van der Waals surface area (Å²) in [6.07, 6.45) is 6.22. The molecule has 3 aliphatic rings. The van der Waals surface area contributed by atoms with E-state index in [-0.39, 0.29) is 29.3 Å². The fourth-order valence-corrected chi connectivity index (χ4v) is 4.48. The van der Waals surface area contributed by atoms with Gasteiger partial charge in [-0.15, -0.1) is 0 Å². The minimum Gasteiger partial charge on any atom is -0.392 e. The number of aliphatic hydroxyl groups is 3. The maximum absolute atomic E-state index is 10.7. The summed E-state index contributed by atoms with van der Waals surface area (Å²) in [6, 6.07) is 0. The zero-order valence-corrected chi connectivity index (χ0v) is 11.3. The summed E-state index contributed by atoms with van der Waals surface area (Å²) < 4.78 is 0. The van der Waals surface area contributed by atoms with Gasteiger partial charge in [0.25, 0.3) is 0 Å². The van der Waals surface area contributed by atoms with E-state index in [4.69, 9.17) is 0 Å². The Morgan fingerprint density at radius 3 is 2.56 bits per heavy atom. The zero-order chi connectivity index (χ0) is 13.3. The molecular weight excluding hydrogens is 228 g/mol. The Labute approximate surface area is 109 Å². The molecule has 0 saturated heterocycles. The molecule has 0 aliphatic heterocycles. The van der Waals surface area contributed by atoms with Gasteiger partial charge in [-0.2, -0.15) is 0 Å².